The molecular weight excluding hydrogens is 254 g/mol. The Morgan fingerprint density at radius 1 is 1.61 bits per heavy atom. The Balaban J connectivity index is 0.00000162. The van der Waals surface area contributed by atoms with Crippen molar-refractivity contribution in [2.45, 2.75) is 38.6 Å². The third-order valence-corrected chi connectivity index (χ3v) is 2.98. The van der Waals surface area contributed by atoms with Gasteiger partial charge in [0.2, 0.25) is 5.76 Å². The minimum Gasteiger partial charge on any atom is -0.351 e. The normalized spacial score (nSPS) is 19.4. The van der Waals surface area contributed by atoms with E-state index in [9.17, 15) is 4.79 Å². The smallest absolute Gasteiger partial charge is 0.290 e. The molecule has 2 heterocycles. The average Bonchev–Trinajstić information content (AvgIpc) is 2.79. The van der Waals surface area contributed by atoms with Crippen LogP contribution in [0.3, 0.4) is 0 Å². The zero-order valence-corrected chi connectivity index (χ0v) is 11.5. The van der Waals surface area contributed by atoms with E-state index in [0.29, 0.717) is 5.76 Å². The van der Waals surface area contributed by atoms with Crippen molar-refractivity contribution in [1.82, 2.24) is 15.8 Å². The van der Waals surface area contributed by atoms with Gasteiger partial charge in [-0.25, -0.2) is 0 Å². The number of nitrogens with one attached hydrogen (secondary N) is 2. The van der Waals surface area contributed by atoms with Crippen molar-refractivity contribution in [2.75, 3.05) is 13.1 Å². The second kappa shape index (κ2) is 6.75. The van der Waals surface area contributed by atoms with Crippen LogP contribution in [0.5, 0.6) is 0 Å². The summed E-state index contributed by atoms with van der Waals surface area (Å²) in [5, 5.41) is 10.1. The molecular formula is C12H20ClN3O2. The SMILES string of the molecule is CC(C)c1cc(C(=O)N[C@H]2CCCNC2)on1.Cl. The quantitative estimate of drug-likeness (QED) is 0.880. The van der Waals surface area contributed by atoms with Gasteiger partial charge in [-0.3, -0.25) is 4.79 Å². The molecule has 1 amide bonds. The molecule has 5 nitrogen and oxygen atoms in total. The number of carbonyl (C=O) groups is 1. The summed E-state index contributed by atoms with van der Waals surface area (Å²) in [7, 11) is 0. The summed E-state index contributed by atoms with van der Waals surface area (Å²) in [6.45, 7) is 5.90. The van der Waals surface area contributed by atoms with Crippen LogP contribution in [0.2, 0.25) is 0 Å². The summed E-state index contributed by atoms with van der Waals surface area (Å²) in [5.41, 5.74) is 0.817. The van der Waals surface area contributed by atoms with Crippen molar-refractivity contribution in [3.8, 4) is 0 Å². The molecule has 1 aromatic rings. The predicted molar refractivity (Wildman–Crippen MR) is 71.2 cm³/mol. The van der Waals surface area contributed by atoms with Crippen molar-refractivity contribution in [2.24, 2.45) is 0 Å². The molecule has 1 atom stereocenters. The van der Waals surface area contributed by atoms with Gasteiger partial charge in [0.05, 0.1) is 5.69 Å². The number of halogens is 1. The van der Waals surface area contributed by atoms with E-state index in [4.69, 9.17) is 4.52 Å². The molecule has 0 bridgehead atoms. The molecule has 0 unspecified atom stereocenters. The lowest BCUT2D eigenvalue weighted by molar-refractivity contribution is 0.0893. The minimum absolute atomic E-state index is 0. The third kappa shape index (κ3) is 3.71. The summed E-state index contributed by atoms with van der Waals surface area (Å²) in [4.78, 5) is 11.9. The molecule has 1 saturated heterocycles. The molecule has 102 valence electrons. The molecule has 0 saturated carbocycles. The molecule has 1 aliphatic rings. The Hall–Kier alpha value is -1.07. The number of amides is 1. The van der Waals surface area contributed by atoms with Crippen LogP contribution in [-0.4, -0.2) is 30.2 Å². The molecule has 2 rings (SSSR count). The number of piperidine rings is 1. The van der Waals surface area contributed by atoms with Crippen molar-refractivity contribution in [3.63, 3.8) is 0 Å². The van der Waals surface area contributed by atoms with E-state index >= 15 is 0 Å². The van der Waals surface area contributed by atoms with Crippen molar-refractivity contribution in [1.29, 1.82) is 0 Å². The summed E-state index contributed by atoms with van der Waals surface area (Å²) in [6.07, 6.45) is 2.11. The molecule has 1 aromatic heterocycles. The van der Waals surface area contributed by atoms with Gasteiger partial charge in [0.1, 0.15) is 0 Å². The molecule has 18 heavy (non-hydrogen) atoms. The van der Waals surface area contributed by atoms with Gasteiger partial charge < -0.3 is 15.2 Å². The van der Waals surface area contributed by atoms with E-state index in [1.54, 1.807) is 6.07 Å². The summed E-state index contributed by atoms with van der Waals surface area (Å²) < 4.78 is 5.05. The Morgan fingerprint density at radius 2 is 2.39 bits per heavy atom. The van der Waals surface area contributed by atoms with Gasteiger partial charge in [-0.05, 0) is 25.3 Å². The van der Waals surface area contributed by atoms with E-state index in [2.05, 4.69) is 15.8 Å². The molecule has 0 aromatic carbocycles. The maximum Gasteiger partial charge on any atom is 0.290 e. The Labute approximate surface area is 113 Å². The summed E-state index contributed by atoms with van der Waals surface area (Å²) in [6, 6.07) is 1.92. The van der Waals surface area contributed by atoms with Crippen molar-refractivity contribution in [3.05, 3.63) is 17.5 Å². The standard InChI is InChI=1S/C12H19N3O2.ClH/c1-8(2)10-6-11(17-15-10)12(16)14-9-4-3-5-13-7-9;/h6,8-9,13H,3-5,7H2,1-2H3,(H,14,16);1H/t9-;/m0./s1. The van der Waals surface area contributed by atoms with Crippen LogP contribution in [0.25, 0.3) is 0 Å². The zero-order valence-electron chi connectivity index (χ0n) is 10.7. The largest absolute Gasteiger partial charge is 0.351 e. The first-order valence-corrected chi connectivity index (χ1v) is 6.15. The first kappa shape index (κ1) is 15.0. The Kier molecular flexibility index (Phi) is 5.62. The van der Waals surface area contributed by atoms with Crippen LogP contribution in [-0.2, 0) is 0 Å². The number of carbonyl (C=O) groups excluding carboxylic acids is 1. The number of hydrogen-bond acceptors (Lipinski definition) is 4. The molecule has 0 aliphatic carbocycles. The van der Waals surface area contributed by atoms with Gasteiger partial charge in [-0.1, -0.05) is 19.0 Å². The van der Waals surface area contributed by atoms with Crippen LogP contribution in [0.1, 0.15) is 48.9 Å². The molecule has 6 heteroatoms. The third-order valence-electron chi connectivity index (χ3n) is 2.98. The highest BCUT2D eigenvalue weighted by Crippen LogP contribution is 2.14. The molecule has 1 fully saturated rings. The van der Waals surface area contributed by atoms with Gasteiger partial charge in [-0.15, -0.1) is 12.4 Å². The number of nitrogens with zero attached hydrogens (tertiary/aromatic N) is 1. The van der Waals surface area contributed by atoms with E-state index < -0.39 is 0 Å². The van der Waals surface area contributed by atoms with Gasteiger partial charge in [0, 0.05) is 18.7 Å². The summed E-state index contributed by atoms with van der Waals surface area (Å²) >= 11 is 0. The lowest BCUT2D eigenvalue weighted by atomic mass is 10.1. The van der Waals surface area contributed by atoms with Crippen LogP contribution >= 0.6 is 12.4 Å². The highest BCUT2D eigenvalue weighted by molar-refractivity contribution is 5.91. The topological polar surface area (TPSA) is 67.2 Å². The average molecular weight is 274 g/mol. The second-order valence-electron chi connectivity index (χ2n) is 4.79. The van der Waals surface area contributed by atoms with E-state index in [1.807, 2.05) is 13.8 Å². The fourth-order valence-electron chi connectivity index (χ4n) is 1.90. The number of aromatic nitrogens is 1. The Bertz CT molecular complexity index is 386. The number of hydrogen-bond donors (Lipinski definition) is 2. The molecule has 1 aliphatic heterocycles. The van der Waals surface area contributed by atoms with Gasteiger partial charge in [-0.2, -0.15) is 0 Å². The fourth-order valence-corrected chi connectivity index (χ4v) is 1.90. The van der Waals surface area contributed by atoms with Crippen molar-refractivity contribution >= 4 is 18.3 Å². The maximum atomic E-state index is 11.9. The summed E-state index contributed by atoms with van der Waals surface area (Å²) in [5.74, 6) is 0.411. The van der Waals surface area contributed by atoms with E-state index in [1.165, 1.54) is 0 Å². The van der Waals surface area contributed by atoms with Crippen molar-refractivity contribution < 1.29 is 9.32 Å². The van der Waals surface area contributed by atoms with Crippen LogP contribution < -0.4 is 10.6 Å². The van der Waals surface area contributed by atoms with Gasteiger partial charge in [0.25, 0.3) is 5.91 Å². The fraction of sp³-hybridized carbons (Fsp3) is 0.667. The monoisotopic (exact) mass is 273 g/mol. The van der Waals surface area contributed by atoms with Gasteiger partial charge in [0.15, 0.2) is 0 Å². The minimum atomic E-state index is -0.168. The van der Waals surface area contributed by atoms with Crippen LogP contribution in [0.4, 0.5) is 0 Å². The van der Waals surface area contributed by atoms with E-state index in [0.717, 1.165) is 31.6 Å². The lowest BCUT2D eigenvalue weighted by Crippen LogP contribution is -2.45. The Morgan fingerprint density at radius 3 is 2.94 bits per heavy atom. The highest BCUT2D eigenvalue weighted by atomic mass is 35.5. The molecule has 0 radical (unpaired) electrons. The van der Waals surface area contributed by atoms with Crippen LogP contribution in [0.15, 0.2) is 10.6 Å². The first-order chi connectivity index (χ1) is 8.16. The van der Waals surface area contributed by atoms with E-state index in [-0.39, 0.29) is 30.3 Å². The zero-order chi connectivity index (χ0) is 12.3. The van der Waals surface area contributed by atoms with Gasteiger partial charge >= 0.3 is 0 Å². The lowest BCUT2D eigenvalue weighted by Gasteiger charge is -2.23. The molecule has 0 spiro atoms. The maximum absolute atomic E-state index is 11.9. The van der Waals surface area contributed by atoms with Crippen LogP contribution in [0, 0.1) is 0 Å². The predicted octanol–water partition coefficient (Wildman–Crippen LogP) is 1.70. The molecule has 2 N–H and O–H groups in total. The number of rotatable bonds is 3. The highest BCUT2D eigenvalue weighted by Gasteiger charge is 2.19. The first-order valence-electron chi connectivity index (χ1n) is 6.15. The second-order valence-corrected chi connectivity index (χ2v) is 4.79.